The number of hydrogen-bond acceptors (Lipinski definition) is 2. The van der Waals surface area contributed by atoms with Crippen molar-refractivity contribution < 1.29 is 4.74 Å². The monoisotopic (exact) mass is 311 g/mol. The molecule has 2 nitrogen and oxygen atoms in total. The Balaban J connectivity index is 2.14. The van der Waals surface area contributed by atoms with Crippen LogP contribution in [0.25, 0.3) is 0 Å². The average molecular weight is 312 g/mol. The molecule has 1 aromatic rings. The zero-order chi connectivity index (χ0) is 13.0. The molecule has 1 saturated heterocycles. The number of ether oxygens (including phenoxy) is 1. The molecule has 1 N–H and O–H groups in total. The van der Waals surface area contributed by atoms with E-state index in [0.717, 1.165) is 19.7 Å². The number of rotatable bonds is 4. The Labute approximate surface area is 118 Å². The van der Waals surface area contributed by atoms with Crippen LogP contribution in [0.2, 0.25) is 0 Å². The van der Waals surface area contributed by atoms with E-state index in [-0.39, 0.29) is 6.10 Å². The summed E-state index contributed by atoms with van der Waals surface area (Å²) in [5.41, 5.74) is 2.60. The van der Waals surface area contributed by atoms with Crippen molar-refractivity contribution in [2.75, 3.05) is 19.7 Å². The Morgan fingerprint density at radius 3 is 3.00 bits per heavy atom. The predicted molar refractivity (Wildman–Crippen MR) is 78.8 cm³/mol. The van der Waals surface area contributed by atoms with Gasteiger partial charge in [-0.1, -0.05) is 35.0 Å². The summed E-state index contributed by atoms with van der Waals surface area (Å²) in [5, 5.41) is 3.45. The van der Waals surface area contributed by atoms with Gasteiger partial charge in [0.1, 0.15) is 0 Å². The molecule has 0 aliphatic carbocycles. The van der Waals surface area contributed by atoms with Gasteiger partial charge in [0.25, 0.3) is 0 Å². The summed E-state index contributed by atoms with van der Waals surface area (Å²) < 4.78 is 7.18. The van der Waals surface area contributed by atoms with E-state index < -0.39 is 0 Å². The van der Waals surface area contributed by atoms with Gasteiger partial charge in [-0.3, -0.25) is 0 Å². The van der Waals surface area contributed by atoms with Gasteiger partial charge in [-0.05, 0) is 43.5 Å². The molecule has 1 aliphatic rings. The topological polar surface area (TPSA) is 21.3 Å². The Kier molecular flexibility index (Phi) is 5.22. The third-order valence-electron chi connectivity index (χ3n) is 3.61. The lowest BCUT2D eigenvalue weighted by Gasteiger charge is -2.32. The number of nitrogens with one attached hydrogen (secondary N) is 1. The van der Waals surface area contributed by atoms with E-state index in [0.29, 0.717) is 5.92 Å². The molecule has 2 rings (SSSR count). The second-order valence-corrected chi connectivity index (χ2v) is 5.86. The fraction of sp³-hybridized carbons (Fsp3) is 0.600. The predicted octanol–water partition coefficient (Wildman–Crippen LogP) is 3.83. The third kappa shape index (κ3) is 3.34. The molecule has 0 saturated carbocycles. The van der Waals surface area contributed by atoms with E-state index in [1.165, 1.54) is 28.4 Å². The van der Waals surface area contributed by atoms with Crippen molar-refractivity contribution in [2.45, 2.75) is 32.8 Å². The lowest BCUT2D eigenvalue weighted by molar-refractivity contribution is -0.0276. The smallest absolute Gasteiger partial charge is 0.0865 e. The van der Waals surface area contributed by atoms with Crippen molar-refractivity contribution in [3.63, 3.8) is 0 Å². The van der Waals surface area contributed by atoms with Gasteiger partial charge in [0.2, 0.25) is 0 Å². The molecule has 0 radical (unpaired) electrons. The largest absolute Gasteiger partial charge is 0.373 e. The van der Waals surface area contributed by atoms with Crippen LogP contribution in [-0.4, -0.2) is 19.7 Å². The highest BCUT2D eigenvalue weighted by Crippen LogP contribution is 2.34. The Bertz CT molecular complexity index is 394. The molecule has 0 spiro atoms. The first-order valence-corrected chi connectivity index (χ1v) is 7.60. The van der Waals surface area contributed by atoms with E-state index in [2.05, 4.69) is 53.3 Å². The summed E-state index contributed by atoms with van der Waals surface area (Å²) in [6.07, 6.45) is 2.69. The molecule has 1 fully saturated rings. The molecule has 0 amide bonds. The number of benzene rings is 1. The number of hydrogen-bond donors (Lipinski definition) is 1. The first kappa shape index (κ1) is 14.0. The first-order valence-electron chi connectivity index (χ1n) is 6.80. The molecule has 1 aromatic carbocycles. The lowest BCUT2D eigenvalue weighted by atomic mass is 9.89. The van der Waals surface area contributed by atoms with E-state index in [1.54, 1.807) is 0 Å². The van der Waals surface area contributed by atoms with Crippen LogP contribution in [0.15, 0.2) is 22.7 Å². The average Bonchev–Trinajstić information content (AvgIpc) is 2.40. The van der Waals surface area contributed by atoms with Gasteiger partial charge < -0.3 is 10.1 Å². The van der Waals surface area contributed by atoms with Crippen molar-refractivity contribution >= 4 is 15.9 Å². The second kappa shape index (κ2) is 6.69. The van der Waals surface area contributed by atoms with Crippen LogP contribution >= 0.6 is 15.9 Å². The highest BCUT2D eigenvalue weighted by Gasteiger charge is 2.27. The summed E-state index contributed by atoms with van der Waals surface area (Å²) in [5.74, 6) is 0.597. The standard InChI is InChI=1S/C15H22BrNO/c1-3-17-10-13-5-4-8-18-15(13)12-6-7-14(16)11(2)9-12/h6-7,9,13,15,17H,3-5,8,10H2,1-2H3. The molecule has 3 heteroatoms. The van der Waals surface area contributed by atoms with E-state index >= 15 is 0 Å². The van der Waals surface area contributed by atoms with Gasteiger partial charge in [-0.2, -0.15) is 0 Å². The Hall–Kier alpha value is -0.380. The summed E-state index contributed by atoms with van der Waals surface area (Å²) >= 11 is 3.56. The summed E-state index contributed by atoms with van der Waals surface area (Å²) in [6, 6.07) is 6.57. The minimum absolute atomic E-state index is 0.254. The highest BCUT2D eigenvalue weighted by molar-refractivity contribution is 9.10. The van der Waals surface area contributed by atoms with E-state index in [9.17, 15) is 0 Å². The van der Waals surface area contributed by atoms with Gasteiger partial charge in [-0.25, -0.2) is 0 Å². The molecule has 1 heterocycles. The maximum Gasteiger partial charge on any atom is 0.0865 e. The molecular weight excluding hydrogens is 290 g/mol. The molecule has 1 aliphatic heterocycles. The summed E-state index contributed by atoms with van der Waals surface area (Å²) in [7, 11) is 0. The van der Waals surface area contributed by atoms with Crippen LogP contribution in [0.4, 0.5) is 0 Å². The number of aryl methyl sites for hydroxylation is 1. The molecule has 2 unspecified atom stereocenters. The van der Waals surface area contributed by atoms with Crippen LogP contribution in [0.1, 0.15) is 37.0 Å². The molecule has 100 valence electrons. The zero-order valence-electron chi connectivity index (χ0n) is 11.2. The first-order chi connectivity index (χ1) is 8.72. The zero-order valence-corrected chi connectivity index (χ0v) is 12.8. The summed E-state index contributed by atoms with van der Waals surface area (Å²) in [6.45, 7) is 7.26. The van der Waals surface area contributed by atoms with Crippen molar-refractivity contribution in [1.29, 1.82) is 0 Å². The molecule has 0 aromatic heterocycles. The molecule has 0 bridgehead atoms. The third-order valence-corrected chi connectivity index (χ3v) is 4.50. The van der Waals surface area contributed by atoms with Gasteiger partial charge >= 0.3 is 0 Å². The van der Waals surface area contributed by atoms with Gasteiger partial charge in [0.05, 0.1) is 6.10 Å². The molecule has 18 heavy (non-hydrogen) atoms. The molecule has 2 atom stereocenters. The van der Waals surface area contributed by atoms with Crippen LogP contribution in [-0.2, 0) is 4.74 Å². The van der Waals surface area contributed by atoms with E-state index in [1.807, 2.05) is 0 Å². The van der Waals surface area contributed by atoms with Gasteiger partial charge in [-0.15, -0.1) is 0 Å². The minimum Gasteiger partial charge on any atom is -0.373 e. The van der Waals surface area contributed by atoms with Crippen LogP contribution in [0.5, 0.6) is 0 Å². The van der Waals surface area contributed by atoms with Crippen LogP contribution in [0, 0.1) is 12.8 Å². The van der Waals surface area contributed by atoms with Gasteiger partial charge in [0.15, 0.2) is 0 Å². The Morgan fingerprint density at radius 2 is 2.28 bits per heavy atom. The SMILES string of the molecule is CCNCC1CCCOC1c1ccc(Br)c(C)c1. The maximum atomic E-state index is 6.01. The lowest BCUT2D eigenvalue weighted by Crippen LogP contribution is -2.31. The maximum absolute atomic E-state index is 6.01. The van der Waals surface area contributed by atoms with Crippen molar-refractivity contribution in [3.8, 4) is 0 Å². The summed E-state index contributed by atoms with van der Waals surface area (Å²) in [4.78, 5) is 0. The normalized spacial score (nSPS) is 24.2. The second-order valence-electron chi connectivity index (χ2n) is 5.01. The van der Waals surface area contributed by atoms with Crippen molar-refractivity contribution in [2.24, 2.45) is 5.92 Å². The van der Waals surface area contributed by atoms with Crippen molar-refractivity contribution in [1.82, 2.24) is 5.32 Å². The van der Waals surface area contributed by atoms with Gasteiger partial charge in [0, 0.05) is 23.5 Å². The van der Waals surface area contributed by atoms with Crippen LogP contribution in [0.3, 0.4) is 0 Å². The fourth-order valence-corrected chi connectivity index (χ4v) is 2.84. The highest BCUT2D eigenvalue weighted by atomic mass is 79.9. The van der Waals surface area contributed by atoms with Crippen molar-refractivity contribution in [3.05, 3.63) is 33.8 Å². The Morgan fingerprint density at radius 1 is 1.44 bits per heavy atom. The van der Waals surface area contributed by atoms with E-state index in [4.69, 9.17) is 4.74 Å². The fourth-order valence-electron chi connectivity index (χ4n) is 2.60. The van der Waals surface area contributed by atoms with Crippen LogP contribution < -0.4 is 5.32 Å². The number of halogens is 1. The minimum atomic E-state index is 0.254. The molecular formula is C15H22BrNO. The quantitative estimate of drug-likeness (QED) is 0.912.